The lowest BCUT2D eigenvalue weighted by molar-refractivity contribution is 0.0775. The summed E-state index contributed by atoms with van der Waals surface area (Å²) in [7, 11) is 0. The Morgan fingerprint density at radius 3 is 3.33 bits per heavy atom. The van der Waals surface area contributed by atoms with Crippen molar-refractivity contribution in [1.29, 1.82) is 0 Å². The smallest absolute Gasteiger partial charge is 0.256 e. The molecule has 0 amide bonds. The average molecular weight is 124 g/mol. The van der Waals surface area contributed by atoms with E-state index < -0.39 is 0 Å². The van der Waals surface area contributed by atoms with Gasteiger partial charge in [0.2, 0.25) is 0 Å². The molecule has 0 aromatic heterocycles. The number of fused-ring (bicyclic) bond motifs is 1. The molecule has 3 heteroatoms. The molecular weight excluding hydrogens is 118 g/mol. The van der Waals surface area contributed by atoms with Crippen LogP contribution in [0.4, 0.5) is 0 Å². The van der Waals surface area contributed by atoms with Gasteiger partial charge in [0.15, 0.2) is 12.6 Å². The van der Waals surface area contributed by atoms with Gasteiger partial charge in [-0.25, -0.2) is 0 Å². The maximum Gasteiger partial charge on any atom is 0.256 e. The molecule has 2 aliphatic heterocycles. The van der Waals surface area contributed by atoms with Gasteiger partial charge in [0.05, 0.1) is 0 Å². The lowest BCUT2D eigenvalue weighted by Crippen LogP contribution is -2.16. The fourth-order valence-electron chi connectivity index (χ4n) is 0.784. The summed E-state index contributed by atoms with van der Waals surface area (Å²) in [6.07, 6.45) is 6.25. The Morgan fingerprint density at radius 1 is 1.44 bits per heavy atom. The predicted octanol–water partition coefficient (Wildman–Crippen LogP) is 0.481. The Kier molecular flexibility index (Phi) is 0.960. The molecule has 0 atom stereocenters. The van der Waals surface area contributed by atoms with E-state index in [4.69, 9.17) is 9.47 Å². The van der Waals surface area contributed by atoms with Gasteiger partial charge >= 0.3 is 0 Å². The Labute approximate surface area is 53.0 Å². The van der Waals surface area contributed by atoms with E-state index in [0.29, 0.717) is 6.79 Å². The maximum absolute atomic E-state index is 5.04. The lowest BCUT2D eigenvalue weighted by atomic mass is 10.3. The molecule has 9 heavy (non-hydrogen) atoms. The zero-order valence-corrected chi connectivity index (χ0v) is 4.76. The number of rotatable bonds is 0. The Morgan fingerprint density at radius 2 is 2.44 bits per heavy atom. The maximum atomic E-state index is 5.04. The third-order valence-electron chi connectivity index (χ3n) is 1.20. The van der Waals surface area contributed by atoms with Crippen molar-refractivity contribution in [3.8, 4) is 0 Å². The number of allylic oxidation sites excluding steroid dienone is 2. The second kappa shape index (κ2) is 1.77. The highest BCUT2D eigenvalue weighted by molar-refractivity contribution is 5.25. The number of hydrogen-bond donors (Lipinski definition) is 1. The van der Waals surface area contributed by atoms with Crippen molar-refractivity contribution in [2.24, 2.45) is 0 Å². The first kappa shape index (κ1) is 4.88. The van der Waals surface area contributed by atoms with Crippen molar-refractivity contribution in [1.82, 2.24) is 5.32 Å². The van der Waals surface area contributed by atoms with Crippen molar-refractivity contribution < 1.29 is 9.47 Å². The quantitative estimate of drug-likeness (QED) is 0.509. The minimum absolute atomic E-state index is 0.329. The van der Waals surface area contributed by atoms with Crippen molar-refractivity contribution >= 4 is 0 Å². The van der Waals surface area contributed by atoms with Crippen LogP contribution in [0.25, 0.3) is 0 Å². The minimum Gasteiger partial charge on any atom is -0.466 e. The second-order valence-corrected chi connectivity index (χ2v) is 1.77. The van der Waals surface area contributed by atoms with Gasteiger partial charge in [0.1, 0.15) is 0 Å². The van der Waals surface area contributed by atoms with E-state index >= 15 is 0 Å². The topological polar surface area (TPSA) is 30.5 Å². The number of hydrogen-bond acceptors (Lipinski definition) is 3. The number of nitrogens with one attached hydrogen (secondary N) is 1. The molecule has 0 bridgehead atoms. The largest absolute Gasteiger partial charge is 0.466 e. The SMILES string of the molecule is C1=CN[C]2OCOC2=C1. The molecule has 1 N–H and O–H groups in total. The number of dihydropyridines is 1. The molecule has 0 aliphatic carbocycles. The predicted molar refractivity (Wildman–Crippen MR) is 30.6 cm³/mol. The molecule has 2 aliphatic rings. The molecule has 1 fully saturated rings. The van der Waals surface area contributed by atoms with Crippen molar-refractivity contribution in [3.63, 3.8) is 0 Å². The molecule has 1 saturated heterocycles. The molecule has 0 aromatic rings. The molecule has 0 aromatic carbocycles. The van der Waals surface area contributed by atoms with Crippen molar-refractivity contribution in [3.05, 3.63) is 30.3 Å². The highest BCUT2D eigenvalue weighted by Crippen LogP contribution is 2.22. The van der Waals surface area contributed by atoms with E-state index in [-0.39, 0.29) is 0 Å². The highest BCUT2D eigenvalue weighted by Gasteiger charge is 2.24. The third-order valence-corrected chi connectivity index (χ3v) is 1.20. The standard InChI is InChI=1S/C6H6NO2/c1-2-5-6(7-3-1)9-4-8-5/h1-3,7H,4H2. The van der Waals surface area contributed by atoms with E-state index in [0.717, 1.165) is 12.0 Å². The van der Waals surface area contributed by atoms with Crippen LogP contribution >= 0.6 is 0 Å². The first-order chi connectivity index (χ1) is 4.47. The minimum atomic E-state index is 0.329. The van der Waals surface area contributed by atoms with Gasteiger partial charge in [0, 0.05) is 0 Å². The molecule has 1 radical (unpaired) electrons. The van der Waals surface area contributed by atoms with Gasteiger partial charge in [0.25, 0.3) is 6.23 Å². The van der Waals surface area contributed by atoms with E-state index in [1.54, 1.807) is 6.20 Å². The van der Waals surface area contributed by atoms with Crippen LogP contribution in [0.3, 0.4) is 0 Å². The molecular formula is C6H6NO2. The summed E-state index contributed by atoms with van der Waals surface area (Å²) < 4.78 is 10.1. The van der Waals surface area contributed by atoms with Crippen LogP contribution in [0.5, 0.6) is 0 Å². The first-order valence-electron chi connectivity index (χ1n) is 2.73. The fourth-order valence-corrected chi connectivity index (χ4v) is 0.784. The average Bonchev–Trinajstić information content (AvgIpc) is 2.33. The van der Waals surface area contributed by atoms with Crippen LogP contribution in [0.1, 0.15) is 0 Å². The van der Waals surface area contributed by atoms with E-state index in [1.165, 1.54) is 0 Å². The van der Waals surface area contributed by atoms with Gasteiger partial charge in [-0.1, -0.05) is 0 Å². The summed E-state index contributed by atoms with van der Waals surface area (Å²) in [4.78, 5) is 0. The molecule has 0 saturated carbocycles. The van der Waals surface area contributed by atoms with Gasteiger partial charge < -0.3 is 14.8 Å². The highest BCUT2D eigenvalue weighted by atomic mass is 16.7. The normalized spacial score (nSPS) is 24.2. The van der Waals surface area contributed by atoms with Crippen LogP contribution in [-0.2, 0) is 9.47 Å². The molecule has 0 spiro atoms. The summed E-state index contributed by atoms with van der Waals surface area (Å²) in [5.74, 6) is 0.789. The van der Waals surface area contributed by atoms with E-state index in [1.807, 2.05) is 12.2 Å². The van der Waals surface area contributed by atoms with Crippen LogP contribution in [0.15, 0.2) is 24.1 Å². The van der Waals surface area contributed by atoms with Crippen molar-refractivity contribution in [2.45, 2.75) is 0 Å². The molecule has 2 rings (SSSR count). The molecule has 0 unspecified atom stereocenters. The Balaban J connectivity index is 2.23. The van der Waals surface area contributed by atoms with Crippen LogP contribution in [-0.4, -0.2) is 6.79 Å². The fraction of sp³-hybridized carbons (Fsp3) is 0.167. The first-order valence-corrected chi connectivity index (χ1v) is 2.73. The number of ether oxygens (including phenoxy) is 2. The third kappa shape index (κ3) is 0.695. The second-order valence-electron chi connectivity index (χ2n) is 1.77. The van der Waals surface area contributed by atoms with Gasteiger partial charge in [-0.3, -0.25) is 0 Å². The summed E-state index contributed by atoms with van der Waals surface area (Å²) in [5, 5.41) is 2.90. The lowest BCUT2D eigenvalue weighted by Gasteiger charge is -2.08. The summed E-state index contributed by atoms with van der Waals surface area (Å²) in [5.41, 5.74) is 0. The van der Waals surface area contributed by atoms with E-state index in [2.05, 4.69) is 5.32 Å². The van der Waals surface area contributed by atoms with Gasteiger partial charge in [-0.2, -0.15) is 0 Å². The van der Waals surface area contributed by atoms with Crippen molar-refractivity contribution in [2.75, 3.05) is 6.79 Å². The van der Waals surface area contributed by atoms with Crippen LogP contribution in [0, 0.1) is 6.23 Å². The van der Waals surface area contributed by atoms with Crippen LogP contribution < -0.4 is 5.32 Å². The van der Waals surface area contributed by atoms with Gasteiger partial charge in [-0.15, -0.1) is 0 Å². The summed E-state index contributed by atoms with van der Waals surface area (Å²) >= 11 is 0. The Hall–Kier alpha value is -0.960. The summed E-state index contributed by atoms with van der Waals surface area (Å²) in [6, 6.07) is 0. The van der Waals surface area contributed by atoms with E-state index in [9.17, 15) is 0 Å². The van der Waals surface area contributed by atoms with Crippen LogP contribution in [0.2, 0.25) is 0 Å². The summed E-state index contributed by atoms with van der Waals surface area (Å²) in [6.45, 7) is 0.329. The van der Waals surface area contributed by atoms with Gasteiger partial charge in [-0.05, 0) is 18.4 Å². The Bertz CT molecular complexity index is 174. The monoisotopic (exact) mass is 124 g/mol. The zero-order chi connectivity index (χ0) is 6.10. The molecule has 3 nitrogen and oxygen atoms in total. The molecule has 47 valence electrons. The molecule has 2 heterocycles. The zero-order valence-electron chi connectivity index (χ0n) is 4.76.